The van der Waals surface area contributed by atoms with Gasteiger partial charge < -0.3 is 0 Å². The Morgan fingerprint density at radius 1 is 0.481 bits per heavy atom. The van der Waals surface area contributed by atoms with E-state index in [2.05, 4.69) is 103 Å². The van der Waals surface area contributed by atoms with Gasteiger partial charge in [0.25, 0.3) is 0 Å². The summed E-state index contributed by atoms with van der Waals surface area (Å²) in [6.07, 6.45) is 0. The zero-order valence-electron chi connectivity index (χ0n) is 14.8. The third-order valence-electron chi connectivity index (χ3n) is 4.63. The van der Waals surface area contributed by atoms with Crippen LogP contribution < -0.4 is 0 Å². The molecule has 0 heterocycles. The molecule has 4 aromatic rings. The molecule has 132 valence electrons. The topological polar surface area (TPSA) is 0 Å². The van der Waals surface area contributed by atoms with Crippen molar-refractivity contribution in [1.82, 2.24) is 0 Å². The minimum Gasteiger partial charge on any atom is -0.105 e. The van der Waals surface area contributed by atoms with Crippen molar-refractivity contribution in [2.45, 2.75) is 9.64 Å². The number of thioether (sulfide) groups is 1. The van der Waals surface area contributed by atoms with Crippen molar-refractivity contribution in [3.05, 3.63) is 137 Å². The zero-order chi connectivity index (χ0) is 18.5. The maximum Gasteiger partial charge on any atom is 0.0954 e. The van der Waals surface area contributed by atoms with Crippen molar-refractivity contribution in [1.29, 1.82) is 0 Å². The smallest absolute Gasteiger partial charge is 0.0954 e. The van der Waals surface area contributed by atoms with Crippen LogP contribution in [0.4, 0.5) is 0 Å². The predicted molar refractivity (Wildman–Crippen MR) is 117 cm³/mol. The molecule has 0 fully saturated rings. The lowest BCUT2D eigenvalue weighted by atomic mass is 9.84. The van der Waals surface area contributed by atoms with Gasteiger partial charge in [-0.05, 0) is 41.0 Å². The van der Waals surface area contributed by atoms with Gasteiger partial charge in [-0.2, -0.15) is 0 Å². The molecule has 0 atom stereocenters. The van der Waals surface area contributed by atoms with Crippen LogP contribution in [0.15, 0.2) is 120 Å². The van der Waals surface area contributed by atoms with Gasteiger partial charge in [-0.3, -0.25) is 0 Å². The number of rotatable bonds is 5. The summed E-state index contributed by atoms with van der Waals surface area (Å²) in [5.74, 6) is 0. The second-order valence-corrected chi connectivity index (χ2v) is 8.06. The highest BCUT2D eigenvalue weighted by Gasteiger charge is 2.37. The highest BCUT2D eigenvalue weighted by molar-refractivity contribution is 8.00. The highest BCUT2D eigenvalue weighted by atomic mass is 35.5. The summed E-state index contributed by atoms with van der Waals surface area (Å²) < 4.78 is -0.350. The van der Waals surface area contributed by atoms with Crippen LogP contribution in [0.25, 0.3) is 0 Å². The van der Waals surface area contributed by atoms with Crippen molar-refractivity contribution < 1.29 is 0 Å². The Morgan fingerprint density at radius 2 is 0.852 bits per heavy atom. The first-order valence-corrected chi connectivity index (χ1v) is 10.1. The summed E-state index contributed by atoms with van der Waals surface area (Å²) in [7, 11) is 0. The fourth-order valence-electron chi connectivity index (χ4n) is 3.37. The molecule has 0 unspecified atom stereocenters. The number of hydrogen-bond acceptors (Lipinski definition) is 1. The summed E-state index contributed by atoms with van der Waals surface area (Å²) in [6.45, 7) is 0. The van der Waals surface area contributed by atoms with Crippen LogP contribution in [0.2, 0.25) is 5.02 Å². The Balaban J connectivity index is 1.98. The first kappa shape index (κ1) is 17.9. The molecule has 0 saturated heterocycles. The fourth-order valence-corrected chi connectivity index (χ4v) is 4.89. The van der Waals surface area contributed by atoms with Crippen LogP contribution in [-0.2, 0) is 4.75 Å². The second kappa shape index (κ2) is 8.04. The van der Waals surface area contributed by atoms with E-state index < -0.39 is 0 Å². The third-order valence-corrected chi connectivity index (χ3v) is 6.40. The van der Waals surface area contributed by atoms with E-state index in [0.29, 0.717) is 0 Å². The normalized spacial score (nSPS) is 11.3. The van der Waals surface area contributed by atoms with Gasteiger partial charge in [-0.15, -0.1) is 11.8 Å². The summed E-state index contributed by atoms with van der Waals surface area (Å²) >= 11 is 7.97. The molecular formula is C25H19ClS. The van der Waals surface area contributed by atoms with Gasteiger partial charge in [0.2, 0.25) is 0 Å². The molecule has 2 heteroatoms. The summed E-state index contributed by atoms with van der Waals surface area (Å²) in [4.78, 5) is 1.18. The molecule has 0 nitrogen and oxygen atoms in total. The largest absolute Gasteiger partial charge is 0.105 e. The Labute approximate surface area is 169 Å². The van der Waals surface area contributed by atoms with Gasteiger partial charge in [0.1, 0.15) is 0 Å². The molecule has 27 heavy (non-hydrogen) atoms. The van der Waals surface area contributed by atoms with Crippen molar-refractivity contribution >= 4 is 23.4 Å². The molecule has 0 spiro atoms. The average Bonchev–Trinajstić information content (AvgIpc) is 2.75. The molecule has 0 bridgehead atoms. The van der Waals surface area contributed by atoms with Gasteiger partial charge in [-0.25, -0.2) is 0 Å². The summed E-state index contributed by atoms with van der Waals surface area (Å²) in [5, 5.41) is 0.754. The molecule has 0 aliphatic carbocycles. The standard InChI is InChI=1S/C25H19ClS/c26-23-16-18-24(19-17-23)27-25(20-10-4-1-5-11-20,21-12-6-2-7-13-21)22-14-8-3-9-15-22/h1-19H. The molecule has 0 radical (unpaired) electrons. The van der Waals surface area contributed by atoms with Crippen molar-refractivity contribution in [2.75, 3.05) is 0 Å². The zero-order valence-corrected chi connectivity index (χ0v) is 16.3. The Kier molecular flexibility index (Phi) is 5.33. The van der Waals surface area contributed by atoms with Crippen LogP contribution in [0, 0.1) is 0 Å². The van der Waals surface area contributed by atoms with Crippen LogP contribution in [0.5, 0.6) is 0 Å². The van der Waals surface area contributed by atoms with E-state index >= 15 is 0 Å². The first-order valence-electron chi connectivity index (χ1n) is 8.90. The lowest BCUT2D eigenvalue weighted by molar-refractivity contribution is 0.894. The second-order valence-electron chi connectivity index (χ2n) is 6.34. The molecule has 0 aliphatic rings. The third kappa shape index (κ3) is 3.66. The average molecular weight is 387 g/mol. The van der Waals surface area contributed by atoms with E-state index in [4.69, 9.17) is 11.6 Å². The Hall–Kier alpha value is -2.48. The molecule has 4 rings (SSSR count). The molecule has 0 aliphatic heterocycles. The van der Waals surface area contributed by atoms with Gasteiger partial charge in [-0.1, -0.05) is 103 Å². The predicted octanol–water partition coefficient (Wildman–Crippen LogP) is 7.42. The quantitative estimate of drug-likeness (QED) is 0.254. The monoisotopic (exact) mass is 386 g/mol. The number of hydrogen-bond donors (Lipinski definition) is 0. The van der Waals surface area contributed by atoms with Crippen molar-refractivity contribution in [2.24, 2.45) is 0 Å². The van der Waals surface area contributed by atoms with Gasteiger partial charge in [0.05, 0.1) is 4.75 Å². The lowest BCUT2D eigenvalue weighted by Crippen LogP contribution is -2.25. The maximum atomic E-state index is 6.12. The Morgan fingerprint density at radius 3 is 1.22 bits per heavy atom. The maximum absolute atomic E-state index is 6.12. The van der Waals surface area contributed by atoms with Crippen LogP contribution in [-0.4, -0.2) is 0 Å². The first-order chi connectivity index (χ1) is 13.3. The fraction of sp³-hybridized carbons (Fsp3) is 0.0400. The lowest BCUT2D eigenvalue weighted by Gasteiger charge is -2.35. The number of halogens is 1. The van der Waals surface area contributed by atoms with Gasteiger partial charge >= 0.3 is 0 Å². The SMILES string of the molecule is Clc1ccc(SC(c2ccccc2)(c2ccccc2)c2ccccc2)cc1. The Bertz CT molecular complexity index is 884. The summed E-state index contributed by atoms with van der Waals surface area (Å²) in [5.41, 5.74) is 3.76. The van der Waals surface area contributed by atoms with Crippen LogP contribution in [0.1, 0.15) is 16.7 Å². The molecule has 0 amide bonds. The minimum atomic E-state index is -0.350. The van der Waals surface area contributed by atoms with E-state index in [-0.39, 0.29) is 4.75 Å². The molecular weight excluding hydrogens is 368 g/mol. The van der Waals surface area contributed by atoms with E-state index in [9.17, 15) is 0 Å². The molecule has 4 aromatic carbocycles. The number of benzene rings is 4. The minimum absolute atomic E-state index is 0.350. The molecule has 0 N–H and O–H groups in total. The van der Waals surface area contributed by atoms with Crippen LogP contribution in [0.3, 0.4) is 0 Å². The highest BCUT2D eigenvalue weighted by Crippen LogP contribution is 2.51. The summed E-state index contributed by atoms with van der Waals surface area (Å²) in [6, 6.07) is 40.2. The van der Waals surface area contributed by atoms with Crippen LogP contribution >= 0.6 is 23.4 Å². The van der Waals surface area contributed by atoms with Gasteiger partial charge in [0, 0.05) is 9.92 Å². The van der Waals surface area contributed by atoms with Crippen molar-refractivity contribution in [3.8, 4) is 0 Å². The van der Waals surface area contributed by atoms with E-state index in [1.54, 1.807) is 0 Å². The van der Waals surface area contributed by atoms with Gasteiger partial charge in [0.15, 0.2) is 0 Å². The van der Waals surface area contributed by atoms with Crippen molar-refractivity contribution in [3.63, 3.8) is 0 Å². The molecule has 0 saturated carbocycles. The van der Waals surface area contributed by atoms with E-state index in [1.807, 2.05) is 23.9 Å². The van der Waals surface area contributed by atoms with E-state index in [0.717, 1.165) is 5.02 Å². The van der Waals surface area contributed by atoms with E-state index in [1.165, 1.54) is 21.6 Å². The molecule has 0 aromatic heterocycles.